The first kappa shape index (κ1) is 58.9. The van der Waals surface area contributed by atoms with Crippen LogP contribution in [0.4, 0.5) is 0 Å². The molecule has 14 heteroatoms. The minimum Gasteiger partial charge on any atom is -0.350 e. The summed E-state index contributed by atoms with van der Waals surface area (Å²) in [4.78, 5) is 62.4. The van der Waals surface area contributed by atoms with Crippen LogP contribution in [-0.4, -0.2) is 146 Å². The van der Waals surface area contributed by atoms with Crippen molar-refractivity contribution in [2.45, 2.75) is 129 Å². The van der Waals surface area contributed by atoms with Crippen LogP contribution in [0, 0.1) is 11.8 Å². The van der Waals surface area contributed by atoms with Gasteiger partial charge in [0.1, 0.15) is 0 Å². The largest absolute Gasteiger partial charge is 0.350 e. The summed E-state index contributed by atoms with van der Waals surface area (Å²) < 4.78 is 0. The van der Waals surface area contributed by atoms with Crippen LogP contribution in [0.15, 0.2) is 97.1 Å². The lowest BCUT2D eigenvalue weighted by atomic mass is 9.98. The van der Waals surface area contributed by atoms with E-state index in [0.717, 1.165) is 110 Å². The van der Waals surface area contributed by atoms with Crippen LogP contribution in [0.2, 0.25) is 10.0 Å². The minimum absolute atomic E-state index is 0.0309. The normalized spacial score (nSPS) is 21.8. The molecule has 4 N–H and O–H groups in total. The fourth-order valence-electron chi connectivity index (χ4n) is 11.4. The quantitative estimate of drug-likeness (QED) is 0.0644. The highest BCUT2D eigenvalue weighted by Gasteiger charge is 2.34. The van der Waals surface area contributed by atoms with Crippen molar-refractivity contribution in [1.82, 2.24) is 40.9 Å². The maximum Gasteiger partial charge on any atom is 0.251 e. The number of piperidine rings is 2. The van der Waals surface area contributed by atoms with Gasteiger partial charge in [0.05, 0.1) is 12.1 Å². The van der Waals surface area contributed by atoms with E-state index in [-0.39, 0.29) is 47.8 Å². The number of rotatable bonds is 20. The fourth-order valence-corrected chi connectivity index (χ4v) is 11.8. The molecule has 0 spiro atoms. The molecule has 2 unspecified atom stereocenters. The van der Waals surface area contributed by atoms with Gasteiger partial charge >= 0.3 is 0 Å². The Bertz CT molecular complexity index is 2440. The third-order valence-electron chi connectivity index (χ3n) is 16.4. The zero-order valence-electron chi connectivity index (χ0n) is 46.0. The average molecular weight is 1080 g/mol. The van der Waals surface area contributed by atoms with Crippen LogP contribution >= 0.6 is 23.2 Å². The van der Waals surface area contributed by atoms with Crippen molar-refractivity contribution in [3.63, 3.8) is 0 Å². The molecule has 0 aromatic heterocycles. The smallest absolute Gasteiger partial charge is 0.251 e. The zero-order chi connectivity index (χ0) is 54.1. The molecule has 0 radical (unpaired) electrons. The van der Waals surface area contributed by atoms with Gasteiger partial charge in [0.15, 0.2) is 0 Å². The van der Waals surface area contributed by atoms with Crippen molar-refractivity contribution in [2.24, 2.45) is 11.8 Å². The Balaban J connectivity index is 0.000000221. The lowest BCUT2D eigenvalue weighted by molar-refractivity contribution is -0.134. The summed E-state index contributed by atoms with van der Waals surface area (Å²) in [6.45, 7) is 26.9. The zero-order valence-corrected chi connectivity index (χ0v) is 47.5. The number of likely N-dealkylation sites (tertiary alicyclic amines) is 2. The number of halogens is 2. The van der Waals surface area contributed by atoms with Gasteiger partial charge in [-0.1, -0.05) is 98.5 Å². The molecule has 0 bridgehead atoms. The first-order valence-corrected chi connectivity index (χ1v) is 29.2. The fraction of sp³-hybridized carbons (Fsp3) is 0.548. The summed E-state index contributed by atoms with van der Waals surface area (Å²) in [7, 11) is 0. The lowest BCUT2D eigenvalue weighted by Gasteiger charge is -2.31. The third-order valence-corrected chi connectivity index (χ3v) is 16.8. The van der Waals surface area contributed by atoms with Crippen molar-refractivity contribution in [3.05, 3.63) is 118 Å². The van der Waals surface area contributed by atoms with Crippen LogP contribution in [0.1, 0.15) is 125 Å². The second kappa shape index (κ2) is 29.2. The van der Waals surface area contributed by atoms with E-state index >= 15 is 0 Å². The summed E-state index contributed by atoms with van der Waals surface area (Å²) in [6, 6.07) is 22.3. The number of amides is 4. The number of carbonyl (C=O) groups is 4. The monoisotopic (exact) mass is 1080 g/mol. The minimum atomic E-state index is -0.241. The Labute approximate surface area is 463 Å². The highest BCUT2D eigenvalue weighted by atomic mass is 35.5. The Morgan fingerprint density at radius 3 is 1.30 bits per heavy atom. The van der Waals surface area contributed by atoms with Gasteiger partial charge in [0.25, 0.3) is 11.8 Å². The van der Waals surface area contributed by atoms with E-state index < -0.39 is 0 Å². The van der Waals surface area contributed by atoms with Gasteiger partial charge in [0, 0.05) is 85.6 Å². The average Bonchev–Trinajstić information content (AvgIpc) is 3.68. The van der Waals surface area contributed by atoms with E-state index in [1.807, 2.05) is 82.6 Å². The molecule has 6 atom stereocenters. The first-order valence-electron chi connectivity index (χ1n) is 28.5. The van der Waals surface area contributed by atoms with Crippen molar-refractivity contribution in [2.75, 3.05) is 78.5 Å². The number of benzene rings is 4. The van der Waals surface area contributed by atoms with Crippen molar-refractivity contribution in [1.29, 1.82) is 0 Å². The van der Waals surface area contributed by atoms with Crippen LogP contribution < -0.4 is 21.3 Å². The number of nitrogens with one attached hydrogen (secondary N) is 4. The number of fused-ring (bicyclic) bond motifs is 2. The molecule has 4 saturated heterocycles. The molecule has 0 saturated carbocycles. The Hall–Kier alpha value is -4.82. The summed E-state index contributed by atoms with van der Waals surface area (Å²) >= 11 is 12.2. The van der Waals surface area contributed by atoms with E-state index in [1.165, 1.54) is 38.5 Å². The van der Waals surface area contributed by atoms with E-state index in [4.69, 9.17) is 23.2 Å². The maximum absolute atomic E-state index is 13.7. The predicted octanol–water partition coefficient (Wildman–Crippen LogP) is 10.5. The van der Waals surface area contributed by atoms with Crippen LogP contribution in [0.3, 0.4) is 0 Å². The molecule has 4 aromatic rings. The van der Waals surface area contributed by atoms with Crippen molar-refractivity contribution >= 4 is 68.4 Å². The van der Waals surface area contributed by atoms with Gasteiger partial charge in [-0.3, -0.25) is 19.2 Å². The molecular formula is C62H86Cl2N8O4. The predicted molar refractivity (Wildman–Crippen MR) is 313 cm³/mol. The summed E-state index contributed by atoms with van der Waals surface area (Å²) in [5, 5.41) is 18.8. The van der Waals surface area contributed by atoms with Crippen LogP contribution in [-0.2, 0) is 9.59 Å². The van der Waals surface area contributed by atoms with Crippen molar-refractivity contribution < 1.29 is 19.2 Å². The molecule has 4 aliphatic rings. The van der Waals surface area contributed by atoms with E-state index in [9.17, 15) is 19.2 Å². The standard InChI is InChI=1S/2C31H43ClN4O2/c2*1-4-23(22(2)3)21-36-17-12-28(34-29(31(36)38)13-16-35-14-6-5-7-15-35)20-33-30(37)26-9-8-25-19-27(32)11-10-24(25)18-26/h2*8-11,18-19,23,28-29,34H,2,4-7,12-17,20-21H2,1,3H3,(H,33,37)/t2*23?,28-,29-/m00/s1. The number of carbonyl (C=O) groups excluding carboxylic acids is 4. The van der Waals surface area contributed by atoms with Gasteiger partial charge in [-0.05, 0) is 186 Å². The maximum atomic E-state index is 13.7. The first-order chi connectivity index (χ1) is 36.7. The molecule has 0 aliphatic carbocycles. The summed E-state index contributed by atoms with van der Waals surface area (Å²) in [5.74, 6) is 0.775. The van der Waals surface area contributed by atoms with Crippen LogP contribution in [0.5, 0.6) is 0 Å². The SMILES string of the molecule is C=C(C)C(CC)CN1CC[C@@H](CNC(=O)c2ccc3cc(Cl)ccc3c2)N[C@@H](CCN2CCCCC2)C1=O.C=C(C)C(CC)CN1CC[C@@H](CNC(=O)c2ccc3cc(Cl)ccc3c2)N[C@@H](CCN2CCCCC2)C1=O. The van der Waals surface area contributed by atoms with Gasteiger partial charge < -0.3 is 40.9 Å². The molecule has 412 valence electrons. The van der Waals surface area contributed by atoms with Gasteiger partial charge in [-0.15, -0.1) is 0 Å². The Kier molecular flexibility index (Phi) is 22.6. The highest BCUT2D eigenvalue weighted by molar-refractivity contribution is 6.31. The Morgan fingerprint density at radius 2 is 0.934 bits per heavy atom. The molecule has 4 fully saturated rings. The summed E-state index contributed by atoms with van der Waals surface area (Å²) in [5.41, 5.74) is 3.51. The molecule has 76 heavy (non-hydrogen) atoms. The van der Waals surface area contributed by atoms with Gasteiger partial charge in [-0.2, -0.15) is 0 Å². The van der Waals surface area contributed by atoms with E-state index in [1.54, 1.807) is 0 Å². The summed E-state index contributed by atoms with van der Waals surface area (Å²) in [6.07, 6.45) is 12.7. The van der Waals surface area contributed by atoms with E-state index in [2.05, 4.69) is 71.9 Å². The molecule has 4 heterocycles. The number of nitrogens with zero attached hydrogens (tertiary/aromatic N) is 4. The number of hydrogen-bond donors (Lipinski definition) is 4. The van der Waals surface area contributed by atoms with Crippen LogP contribution in [0.25, 0.3) is 21.5 Å². The molecular weight excluding hydrogens is 992 g/mol. The Morgan fingerprint density at radius 1 is 0.566 bits per heavy atom. The third kappa shape index (κ3) is 17.1. The highest BCUT2D eigenvalue weighted by Crippen LogP contribution is 2.25. The van der Waals surface area contributed by atoms with Gasteiger partial charge in [-0.25, -0.2) is 0 Å². The second-order valence-electron chi connectivity index (χ2n) is 22.1. The molecule has 4 aliphatic heterocycles. The molecule has 12 nitrogen and oxygen atoms in total. The second-order valence-corrected chi connectivity index (χ2v) is 23.0. The molecule has 4 amide bonds. The van der Waals surface area contributed by atoms with E-state index in [0.29, 0.717) is 72.3 Å². The van der Waals surface area contributed by atoms with Gasteiger partial charge in [0.2, 0.25) is 11.8 Å². The molecule has 4 aromatic carbocycles. The lowest BCUT2D eigenvalue weighted by Crippen LogP contribution is -2.50. The number of hydrogen-bond acceptors (Lipinski definition) is 8. The topological polar surface area (TPSA) is 129 Å². The van der Waals surface area contributed by atoms with Crippen molar-refractivity contribution in [3.8, 4) is 0 Å². The molecule has 8 rings (SSSR count).